The van der Waals surface area contributed by atoms with Crippen molar-refractivity contribution in [2.45, 2.75) is 12.8 Å². The summed E-state index contributed by atoms with van der Waals surface area (Å²) in [6, 6.07) is 0. The van der Waals surface area contributed by atoms with E-state index in [4.69, 9.17) is 0 Å². The molecule has 2 aromatic rings. The Morgan fingerprint density at radius 3 is 2.86 bits per heavy atom. The van der Waals surface area contributed by atoms with Crippen LogP contribution < -0.4 is 0 Å². The molecule has 0 radical (unpaired) electrons. The molecule has 0 aliphatic carbocycles. The lowest BCUT2D eigenvalue weighted by Crippen LogP contribution is -2.27. The van der Waals surface area contributed by atoms with E-state index < -0.39 is 10.0 Å². The second-order valence-corrected chi connectivity index (χ2v) is 8.11. The summed E-state index contributed by atoms with van der Waals surface area (Å²) >= 11 is 1.53. The van der Waals surface area contributed by atoms with Gasteiger partial charge in [0, 0.05) is 25.5 Å². The molecule has 3 heterocycles. The first-order valence-corrected chi connectivity index (χ1v) is 9.40. The molecule has 1 fully saturated rings. The molecule has 1 saturated heterocycles. The van der Waals surface area contributed by atoms with E-state index in [1.54, 1.807) is 24.1 Å². The Morgan fingerprint density at radius 1 is 1.33 bits per heavy atom. The van der Waals surface area contributed by atoms with E-state index in [1.165, 1.54) is 21.9 Å². The van der Waals surface area contributed by atoms with Crippen molar-refractivity contribution in [1.82, 2.24) is 19.3 Å². The molecule has 0 bridgehead atoms. The van der Waals surface area contributed by atoms with Crippen molar-refractivity contribution in [2.75, 3.05) is 19.3 Å². The van der Waals surface area contributed by atoms with E-state index in [0.29, 0.717) is 19.0 Å². The lowest BCUT2D eigenvalue weighted by Gasteiger charge is -2.13. The van der Waals surface area contributed by atoms with E-state index in [9.17, 15) is 8.42 Å². The van der Waals surface area contributed by atoms with Gasteiger partial charge in [-0.05, 0) is 18.8 Å². The maximum atomic E-state index is 11.5. The lowest BCUT2D eigenvalue weighted by molar-refractivity contribution is 0.459. The average Bonchev–Trinajstić information content (AvgIpc) is 3.09. The molecule has 0 N–H and O–H groups in total. The van der Waals surface area contributed by atoms with Gasteiger partial charge in [-0.25, -0.2) is 17.7 Å². The van der Waals surface area contributed by atoms with Gasteiger partial charge in [-0.1, -0.05) is 0 Å². The monoisotopic (exact) mass is 324 g/mol. The highest BCUT2D eigenvalue weighted by Crippen LogP contribution is 2.24. The number of nitrogens with zero attached hydrogens (tertiary/aromatic N) is 4. The molecule has 0 amide bonds. The lowest BCUT2D eigenvalue weighted by atomic mass is 10.0. The topological polar surface area (TPSA) is 76.1 Å². The fourth-order valence-electron chi connectivity index (χ4n) is 2.53. The molecule has 0 aromatic carbocycles. The molecule has 6 nitrogen and oxygen atoms in total. The second-order valence-electron chi connectivity index (χ2n) is 5.24. The van der Waals surface area contributed by atoms with E-state index >= 15 is 0 Å². The van der Waals surface area contributed by atoms with Crippen LogP contribution >= 0.6 is 11.3 Å². The Hall–Kier alpha value is -1.38. The van der Waals surface area contributed by atoms with Gasteiger partial charge in [0.1, 0.15) is 5.69 Å². The summed E-state index contributed by atoms with van der Waals surface area (Å²) in [5, 5.41) is 0. The summed E-state index contributed by atoms with van der Waals surface area (Å²) in [5.41, 5.74) is 3.50. The Kier molecular flexibility index (Phi) is 4.01. The summed E-state index contributed by atoms with van der Waals surface area (Å²) in [6.45, 7) is 1.18. The van der Waals surface area contributed by atoms with E-state index in [0.717, 1.165) is 29.1 Å². The number of hydrogen-bond donors (Lipinski definition) is 0. The van der Waals surface area contributed by atoms with Gasteiger partial charge >= 0.3 is 0 Å². The molecule has 0 saturated carbocycles. The summed E-state index contributed by atoms with van der Waals surface area (Å²) in [5.74, 6) is 0.311. The van der Waals surface area contributed by atoms with Crippen LogP contribution in [-0.4, -0.2) is 47.0 Å². The highest BCUT2D eigenvalue weighted by atomic mass is 32.2. The van der Waals surface area contributed by atoms with Crippen LogP contribution in [0.3, 0.4) is 0 Å². The van der Waals surface area contributed by atoms with Crippen LogP contribution in [0.2, 0.25) is 0 Å². The summed E-state index contributed by atoms with van der Waals surface area (Å²) in [7, 11) is -3.08. The first-order valence-electron chi connectivity index (χ1n) is 6.67. The van der Waals surface area contributed by atoms with Gasteiger partial charge in [0.25, 0.3) is 0 Å². The fraction of sp³-hybridized carbons (Fsp3) is 0.462. The van der Waals surface area contributed by atoms with Crippen LogP contribution in [0.1, 0.15) is 12.1 Å². The fourth-order valence-corrected chi connectivity index (χ4v) is 4.02. The highest BCUT2D eigenvalue weighted by molar-refractivity contribution is 7.88. The smallest absolute Gasteiger partial charge is 0.211 e. The first-order chi connectivity index (χ1) is 10.0. The molecular weight excluding hydrogens is 308 g/mol. The maximum absolute atomic E-state index is 11.5. The van der Waals surface area contributed by atoms with Gasteiger partial charge in [0.15, 0.2) is 0 Å². The zero-order valence-electron chi connectivity index (χ0n) is 11.6. The zero-order valence-corrected chi connectivity index (χ0v) is 13.3. The standard InChI is InChI=1S/C13H16N4O2S2/c1-21(18,19)17-3-2-10(8-17)4-11-5-14-6-12(16-11)13-7-15-9-20-13/h5-7,9-10H,2-4,8H2,1H3. The van der Waals surface area contributed by atoms with Crippen LogP contribution in [-0.2, 0) is 16.4 Å². The minimum Gasteiger partial charge on any atom is -0.261 e. The molecule has 1 atom stereocenters. The number of rotatable bonds is 4. The highest BCUT2D eigenvalue weighted by Gasteiger charge is 2.28. The van der Waals surface area contributed by atoms with Gasteiger partial charge < -0.3 is 0 Å². The van der Waals surface area contributed by atoms with Crippen LogP contribution in [0.15, 0.2) is 24.1 Å². The molecule has 3 rings (SSSR count). The van der Waals surface area contributed by atoms with Crippen LogP contribution in [0.5, 0.6) is 0 Å². The third-order valence-electron chi connectivity index (χ3n) is 3.58. The van der Waals surface area contributed by atoms with Crippen molar-refractivity contribution in [1.29, 1.82) is 0 Å². The third kappa shape index (κ3) is 3.45. The average molecular weight is 324 g/mol. The largest absolute Gasteiger partial charge is 0.261 e. The van der Waals surface area contributed by atoms with E-state index in [1.807, 2.05) is 0 Å². The Labute approximate surface area is 127 Å². The molecule has 0 spiro atoms. The van der Waals surface area contributed by atoms with Crippen molar-refractivity contribution in [3.8, 4) is 10.6 Å². The number of aromatic nitrogens is 3. The third-order valence-corrected chi connectivity index (χ3v) is 5.65. The molecule has 2 aromatic heterocycles. The predicted molar refractivity (Wildman–Crippen MR) is 81.4 cm³/mol. The minimum absolute atomic E-state index is 0.311. The van der Waals surface area contributed by atoms with Crippen molar-refractivity contribution >= 4 is 21.4 Å². The van der Waals surface area contributed by atoms with Gasteiger partial charge in [0.05, 0.1) is 28.5 Å². The normalized spacial score (nSPS) is 20.0. The molecule has 21 heavy (non-hydrogen) atoms. The number of thiazole rings is 1. The maximum Gasteiger partial charge on any atom is 0.211 e. The zero-order chi connectivity index (χ0) is 14.9. The van der Waals surface area contributed by atoms with Crippen LogP contribution in [0.25, 0.3) is 10.6 Å². The van der Waals surface area contributed by atoms with Gasteiger partial charge in [0.2, 0.25) is 10.0 Å². The minimum atomic E-state index is -3.08. The predicted octanol–water partition coefficient (Wildman–Crippen LogP) is 1.42. The summed E-state index contributed by atoms with van der Waals surface area (Å²) in [4.78, 5) is 13.9. The summed E-state index contributed by atoms with van der Waals surface area (Å²) < 4.78 is 24.6. The van der Waals surface area contributed by atoms with Crippen LogP contribution in [0.4, 0.5) is 0 Å². The van der Waals surface area contributed by atoms with Crippen molar-refractivity contribution in [2.24, 2.45) is 5.92 Å². The quantitative estimate of drug-likeness (QED) is 0.850. The Bertz CT molecular complexity index is 716. The molecule has 112 valence electrons. The van der Waals surface area contributed by atoms with Gasteiger partial charge in [-0.15, -0.1) is 11.3 Å². The number of sulfonamides is 1. The second kappa shape index (κ2) is 5.78. The first kappa shape index (κ1) is 14.6. The van der Waals surface area contributed by atoms with E-state index in [2.05, 4.69) is 15.0 Å². The Balaban J connectivity index is 1.71. The van der Waals surface area contributed by atoms with Gasteiger partial charge in [-0.2, -0.15) is 0 Å². The molecular formula is C13H16N4O2S2. The van der Waals surface area contributed by atoms with Crippen molar-refractivity contribution < 1.29 is 8.42 Å². The number of hydrogen-bond acceptors (Lipinski definition) is 6. The molecule has 1 unspecified atom stereocenters. The summed E-state index contributed by atoms with van der Waals surface area (Å²) in [6.07, 6.45) is 8.16. The van der Waals surface area contributed by atoms with Crippen molar-refractivity contribution in [3.05, 3.63) is 29.8 Å². The van der Waals surface area contributed by atoms with E-state index in [-0.39, 0.29) is 0 Å². The molecule has 1 aliphatic rings. The van der Waals surface area contributed by atoms with Gasteiger partial charge in [-0.3, -0.25) is 9.97 Å². The van der Waals surface area contributed by atoms with Crippen molar-refractivity contribution in [3.63, 3.8) is 0 Å². The molecule has 1 aliphatic heterocycles. The molecule has 8 heteroatoms. The Morgan fingerprint density at radius 2 is 2.19 bits per heavy atom. The SMILES string of the molecule is CS(=O)(=O)N1CCC(Cc2cncc(-c3cncs3)n2)C1. The van der Waals surface area contributed by atoms with Crippen LogP contribution in [0, 0.1) is 5.92 Å².